The number of benzene rings is 1. The molecule has 1 aliphatic heterocycles. The molecule has 0 radical (unpaired) electrons. The van der Waals surface area contributed by atoms with Crippen LogP contribution in [0.2, 0.25) is 0 Å². The van der Waals surface area contributed by atoms with Crippen LogP contribution >= 0.6 is 0 Å². The molecule has 3 rings (SSSR count). The molecular formula is C12H8N4O5. The van der Waals surface area contributed by atoms with Crippen molar-refractivity contribution in [1.29, 1.82) is 0 Å². The molecule has 2 aromatic rings. The molecule has 2 heterocycles. The van der Waals surface area contributed by atoms with Gasteiger partial charge in [-0.1, -0.05) is 0 Å². The molecule has 3 N–H and O–H groups in total. The Labute approximate surface area is 115 Å². The number of hydrogen-bond donors (Lipinski definition) is 3. The Hall–Kier alpha value is -3.23. The first-order chi connectivity index (χ1) is 10.0. The summed E-state index contributed by atoms with van der Waals surface area (Å²) < 4.78 is 4.85. The molecule has 106 valence electrons. The number of aromatic hydroxyl groups is 1. The highest BCUT2D eigenvalue weighted by Crippen LogP contribution is 2.26. The van der Waals surface area contributed by atoms with Gasteiger partial charge in [0, 0.05) is 5.56 Å². The van der Waals surface area contributed by atoms with E-state index in [4.69, 9.17) is 4.74 Å². The van der Waals surface area contributed by atoms with Crippen molar-refractivity contribution in [3.8, 4) is 5.88 Å². The van der Waals surface area contributed by atoms with Crippen LogP contribution in [0.4, 0.5) is 11.4 Å². The van der Waals surface area contributed by atoms with Crippen molar-refractivity contribution in [3.63, 3.8) is 0 Å². The molecule has 1 aromatic carbocycles. The van der Waals surface area contributed by atoms with Crippen LogP contribution in [0, 0.1) is 0 Å². The smallest absolute Gasteiger partial charge is 0.338 e. The number of fused-ring (bicyclic) bond motifs is 1. The first-order valence-corrected chi connectivity index (χ1v) is 5.82. The van der Waals surface area contributed by atoms with E-state index in [2.05, 4.69) is 10.2 Å². The van der Waals surface area contributed by atoms with Gasteiger partial charge in [0.25, 0.3) is 5.56 Å². The van der Waals surface area contributed by atoms with Crippen LogP contribution in [0.5, 0.6) is 5.88 Å². The number of hydrogen-bond acceptors (Lipinski definition) is 7. The van der Waals surface area contributed by atoms with Gasteiger partial charge in [-0.2, -0.15) is 5.11 Å². The van der Waals surface area contributed by atoms with Crippen LogP contribution in [0.15, 0.2) is 38.0 Å². The average molecular weight is 288 g/mol. The van der Waals surface area contributed by atoms with Crippen molar-refractivity contribution in [3.05, 3.63) is 50.2 Å². The largest absolute Gasteiger partial charge is 0.493 e. The molecule has 0 unspecified atom stereocenters. The van der Waals surface area contributed by atoms with Gasteiger partial charge < -0.3 is 9.84 Å². The Morgan fingerprint density at radius 2 is 1.95 bits per heavy atom. The molecule has 0 atom stereocenters. The second-order valence-corrected chi connectivity index (χ2v) is 4.22. The zero-order valence-electron chi connectivity index (χ0n) is 10.4. The number of nitrogens with zero attached hydrogens (tertiary/aromatic N) is 2. The molecule has 0 aliphatic carbocycles. The van der Waals surface area contributed by atoms with Crippen molar-refractivity contribution in [2.45, 2.75) is 6.61 Å². The lowest BCUT2D eigenvalue weighted by Crippen LogP contribution is -2.20. The fourth-order valence-corrected chi connectivity index (χ4v) is 1.85. The first-order valence-electron chi connectivity index (χ1n) is 5.82. The van der Waals surface area contributed by atoms with Gasteiger partial charge in [0.2, 0.25) is 11.6 Å². The molecule has 9 nitrogen and oxygen atoms in total. The van der Waals surface area contributed by atoms with E-state index in [-0.39, 0.29) is 6.61 Å². The summed E-state index contributed by atoms with van der Waals surface area (Å²) in [7, 11) is 0. The lowest BCUT2D eigenvalue weighted by Gasteiger charge is -1.97. The van der Waals surface area contributed by atoms with Gasteiger partial charge in [-0.3, -0.25) is 14.8 Å². The summed E-state index contributed by atoms with van der Waals surface area (Å²) in [6.07, 6.45) is 0. The van der Waals surface area contributed by atoms with E-state index in [9.17, 15) is 19.5 Å². The number of aromatic nitrogens is 2. The molecule has 0 spiro atoms. The molecule has 1 aliphatic rings. The number of rotatable bonds is 2. The highest BCUT2D eigenvalue weighted by molar-refractivity contribution is 5.93. The van der Waals surface area contributed by atoms with Crippen molar-refractivity contribution in [2.24, 2.45) is 10.2 Å². The maximum Gasteiger partial charge on any atom is 0.338 e. The van der Waals surface area contributed by atoms with Gasteiger partial charge in [0.15, 0.2) is 0 Å². The van der Waals surface area contributed by atoms with Crippen LogP contribution in [-0.2, 0) is 11.3 Å². The fraction of sp³-hybridized carbons (Fsp3) is 0.0833. The van der Waals surface area contributed by atoms with Crippen LogP contribution < -0.4 is 11.2 Å². The van der Waals surface area contributed by atoms with Crippen LogP contribution in [0.25, 0.3) is 0 Å². The van der Waals surface area contributed by atoms with Gasteiger partial charge in [0.05, 0.1) is 11.3 Å². The number of carbonyl (C=O) groups is 1. The topological polar surface area (TPSA) is 137 Å². The summed E-state index contributed by atoms with van der Waals surface area (Å²) in [4.78, 5) is 37.6. The van der Waals surface area contributed by atoms with Crippen LogP contribution in [-0.4, -0.2) is 21.0 Å². The normalized spacial score (nSPS) is 13.4. The van der Waals surface area contributed by atoms with Crippen molar-refractivity contribution in [1.82, 2.24) is 9.97 Å². The number of azo groups is 1. The summed E-state index contributed by atoms with van der Waals surface area (Å²) >= 11 is 0. The fourth-order valence-electron chi connectivity index (χ4n) is 1.85. The van der Waals surface area contributed by atoms with E-state index in [1.54, 1.807) is 6.07 Å². The van der Waals surface area contributed by atoms with E-state index in [1.807, 2.05) is 9.97 Å². The number of H-pyrrole nitrogens is 2. The Kier molecular flexibility index (Phi) is 2.87. The number of aromatic amines is 2. The zero-order valence-corrected chi connectivity index (χ0v) is 10.4. The van der Waals surface area contributed by atoms with E-state index in [0.717, 1.165) is 0 Å². The quantitative estimate of drug-likeness (QED) is 0.555. The van der Waals surface area contributed by atoms with Crippen molar-refractivity contribution < 1.29 is 14.6 Å². The average Bonchev–Trinajstić information content (AvgIpc) is 2.79. The molecule has 9 heteroatoms. The summed E-state index contributed by atoms with van der Waals surface area (Å²) in [5, 5.41) is 16.8. The van der Waals surface area contributed by atoms with E-state index in [0.29, 0.717) is 16.8 Å². The van der Waals surface area contributed by atoms with E-state index in [1.165, 1.54) is 12.1 Å². The van der Waals surface area contributed by atoms with Gasteiger partial charge in [-0.05, 0) is 18.2 Å². The number of cyclic esters (lactones) is 1. The molecule has 0 saturated carbocycles. The second kappa shape index (κ2) is 4.71. The molecular weight excluding hydrogens is 280 g/mol. The summed E-state index contributed by atoms with van der Waals surface area (Å²) in [6, 6.07) is 4.64. The van der Waals surface area contributed by atoms with Gasteiger partial charge in [-0.25, -0.2) is 9.59 Å². The molecule has 0 bridgehead atoms. The van der Waals surface area contributed by atoms with Crippen molar-refractivity contribution >= 4 is 17.3 Å². The van der Waals surface area contributed by atoms with Gasteiger partial charge in [-0.15, -0.1) is 5.11 Å². The summed E-state index contributed by atoms with van der Waals surface area (Å²) in [5.41, 5.74) is -0.626. The van der Waals surface area contributed by atoms with Gasteiger partial charge >= 0.3 is 11.7 Å². The Morgan fingerprint density at radius 3 is 2.71 bits per heavy atom. The Morgan fingerprint density at radius 1 is 1.14 bits per heavy atom. The first kappa shape index (κ1) is 12.8. The molecule has 0 amide bonds. The maximum absolute atomic E-state index is 11.5. The zero-order chi connectivity index (χ0) is 15.0. The minimum absolute atomic E-state index is 0.155. The van der Waals surface area contributed by atoms with Crippen LogP contribution in [0.1, 0.15) is 15.9 Å². The lowest BCUT2D eigenvalue weighted by atomic mass is 10.1. The van der Waals surface area contributed by atoms with Crippen LogP contribution in [0.3, 0.4) is 0 Å². The van der Waals surface area contributed by atoms with E-state index < -0.39 is 28.8 Å². The number of ether oxygens (including phenoxy) is 1. The lowest BCUT2D eigenvalue weighted by molar-refractivity contribution is 0.0535. The minimum Gasteiger partial charge on any atom is -0.493 e. The predicted octanol–water partition coefficient (Wildman–Crippen LogP) is 0.855. The third kappa shape index (κ3) is 2.31. The molecule has 0 saturated heterocycles. The number of nitrogens with one attached hydrogen (secondary N) is 2. The standard InChI is InChI=1S/C12H8N4O5/c17-9-8(10(18)14-12(20)13-9)16-15-6-1-2-7-5(3-6)4-21-11(7)19/h1-3H,4H2,(H3,13,14,17,18,20). The highest BCUT2D eigenvalue weighted by atomic mass is 16.5. The third-order valence-corrected chi connectivity index (χ3v) is 2.83. The van der Waals surface area contributed by atoms with Crippen molar-refractivity contribution in [2.75, 3.05) is 0 Å². The minimum atomic E-state index is -0.861. The monoisotopic (exact) mass is 288 g/mol. The Balaban J connectivity index is 1.96. The Bertz CT molecular complexity index is 880. The van der Waals surface area contributed by atoms with Gasteiger partial charge in [0.1, 0.15) is 6.61 Å². The number of carbonyl (C=O) groups excluding carboxylic acids is 1. The number of esters is 1. The summed E-state index contributed by atoms with van der Waals surface area (Å²) in [6.45, 7) is 0.155. The SMILES string of the molecule is O=C1OCc2cc(N=Nc3c(O)[nH]c(=O)[nH]c3=O)ccc21. The molecule has 1 aromatic heterocycles. The summed E-state index contributed by atoms with van der Waals surface area (Å²) in [5.74, 6) is -1.07. The molecule has 0 fully saturated rings. The predicted molar refractivity (Wildman–Crippen MR) is 69.1 cm³/mol. The third-order valence-electron chi connectivity index (χ3n) is 2.83. The molecule has 21 heavy (non-hydrogen) atoms. The maximum atomic E-state index is 11.5. The van der Waals surface area contributed by atoms with E-state index >= 15 is 0 Å². The highest BCUT2D eigenvalue weighted by Gasteiger charge is 2.20. The second-order valence-electron chi connectivity index (χ2n) is 4.22.